The van der Waals surface area contributed by atoms with E-state index in [2.05, 4.69) is 10.3 Å². The first-order valence-electron chi connectivity index (χ1n) is 5.71. The Labute approximate surface area is 125 Å². The lowest BCUT2D eigenvalue weighted by atomic mass is 9.90. The number of carbonyl (C=O) groups excluding carboxylic acids is 1. The van der Waals surface area contributed by atoms with Gasteiger partial charge >= 0.3 is 0 Å². The molecule has 1 unspecified atom stereocenters. The molecule has 106 valence electrons. The van der Waals surface area contributed by atoms with Crippen LogP contribution in [-0.2, 0) is 16.9 Å². The van der Waals surface area contributed by atoms with Crippen molar-refractivity contribution in [3.63, 3.8) is 0 Å². The highest BCUT2D eigenvalue weighted by molar-refractivity contribution is 6.35. The second-order valence-electron chi connectivity index (χ2n) is 4.40. The third-order valence-corrected chi connectivity index (χ3v) is 3.34. The largest absolute Gasteiger partial charge is 0.383 e. The third-order valence-electron chi connectivity index (χ3n) is 2.79. The summed E-state index contributed by atoms with van der Waals surface area (Å²) in [6.45, 7) is -0.00269. The van der Waals surface area contributed by atoms with Crippen molar-refractivity contribution in [2.24, 2.45) is 5.73 Å². The first-order chi connectivity index (χ1) is 9.40. The summed E-state index contributed by atoms with van der Waals surface area (Å²) in [4.78, 5) is 11.2. The first kappa shape index (κ1) is 14.8. The minimum Gasteiger partial charge on any atom is -0.383 e. The number of benzene rings is 1. The zero-order chi connectivity index (χ0) is 14.8. The van der Waals surface area contributed by atoms with Crippen LogP contribution in [0, 0.1) is 0 Å². The Morgan fingerprint density at radius 3 is 2.75 bits per heavy atom. The predicted molar refractivity (Wildman–Crippen MR) is 74.2 cm³/mol. The summed E-state index contributed by atoms with van der Waals surface area (Å²) in [5.41, 5.74) is 3.99. The van der Waals surface area contributed by atoms with E-state index >= 15 is 0 Å². The Balaban J connectivity index is 2.42. The summed E-state index contributed by atoms with van der Waals surface area (Å²) in [7, 11) is 0. The quantitative estimate of drug-likeness (QED) is 0.871. The molecule has 0 aliphatic rings. The Bertz CT molecular complexity index is 618. The zero-order valence-electron chi connectivity index (χ0n) is 10.3. The van der Waals surface area contributed by atoms with Gasteiger partial charge in [0.25, 0.3) is 0 Å². The molecule has 1 heterocycles. The molecule has 8 heteroatoms. The molecule has 0 saturated heterocycles. The predicted octanol–water partition coefficient (Wildman–Crippen LogP) is 1.35. The van der Waals surface area contributed by atoms with Gasteiger partial charge in [-0.25, -0.2) is 4.68 Å². The first-order valence-corrected chi connectivity index (χ1v) is 6.46. The number of rotatable bonds is 5. The molecule has 2 aromatic rings. The van der Waals surface area contributed by atoms with Gasteiger partial charge in [-0.2, -0.15) is 0 Å². The van der Waals surface area contributed by atoms with Crippen LogP contribution in [0.15, 0.2) is 30.6 Å². The topological polar surface area (TPSA) is 94.0 Å². The normalized spacial score (nSPS) is 13.9. The fourth-order valence-corrected chi connectivity index (χ4v) is 2.56. The number of nitrogens with zero attached hydrogens (tertiary/aromatic N) is 3. The van der Waals surface area contributed by atoms with E-state index < -0.39 is 11.5 Å². The monoisotopic (exact) mass is 314 g/mol. The number of nitrogens with two attached hydrogens (primary N) is 1. The van der Waals surface area contributed by atoms with E-state index in [4.69, 9.17) is 28.9 Å². The van der Waals surface area contributed by atoms with Crippen LogP contribution in [0.3, 0.4) is 0 Å². The lowest BCUT2D eigenvalue weighted by Gasteiger charge is -2.28. The van der Waals surface area contributed by atoms with Gasteiger partial charge in [-0.1, -0.05) is 34.5 Å². The average Bonchev–Trinajstić information content (AvgIpc) is 2.79. The number of amides is 1. The van der Waals surface area contributed by atoms with E-state index in [0.717, 1.165) is 0 Å². The van der Waals surface area contributed by atoms with Crippen molar-refractivity contribution in [3.8, 4) is 0 Å². The maximum Gasteiger partial charge on any atom is 0.220 e. The Morgan fingerprint density at radius 2 is 2.20 bits per heavy atom. The van der Waals surface area contributed by atoms with Crippen molar-refractivity contribution in [2.45, 2.75) is 18.6 Å². The van der Waals surface area contributed by atoms with E-state index in [9.17, 15) is 9.90 Å². The molecule has 6 nitrogen and oxygen atoms in total. The van der Waals surface area contributed by atoms with Crippen LogP contribution >= 0.6 is 23.2 Å². The minimum absolute atomic E-state index is 0.00269. The molecule has 0 spiro atoms. The highest BCUT2D eigenvalue weighted by Gasteiger charge is 2.34. The van der Waals surface area contributed by atoms with E-state index in [-0.39, 0.29) is 18.0 Å². The third kappa shape index (κ3) is 3.27. The number of hydrogen-bond acceptors (Lipinski definition) is 4. The molecule has 0 bridgehead atoms. The molecular weight excluding hydrogens is 303 g/mol. The van der Waals surface area contributed by atoms with Crippen molar-refractivity contribution in [3.05, 3.63) is 46.2 Å². The summed E-state index contributed by atoms with van der Waals surface area (Å²) in [5.74, 6) is -0.654. The molecule has 1 amide bonds. The average molecular weight is 315 g/mol. The van der Waals surface area contributed by atoms with Crippen molar-refractivity contribution in [2.75, 3.05) is 0 Å². The van der Waals surface area contributed by atoms with Crippen LogP contribution in [0.2, 0.25) is 10.0 Å². The Hall–Kier alpha value is -1.63. The van der Waals surface area contributed by atoms with Crippen LogP contribution < -0.4 is 5.73 Å². The Kier molecular flexibility index (Phi) is 4.27. The van der Waals surface area contributed by atoms with Crippen LogP contribution in [0.4, 0.5) is 0 Å². The molecular formula is C12H12Cl2N4O2. The molecule has 0 fully saturated rings. The fraction of sp³-hybridized carbons (Fsp3) is 0.250. The van der Waals surface area contributed by atoms with Crippen molar-refractivity contribution in [1.82, 2.24) is 15.0 Å². The standard InChI is InChI=1S/C12H12Cl2N4O2/c13-8-1-2-9(10(14)5-8)12(20,6-11(15)19)7-18-4-3-16-17-18/h1-5,20H,6-7H2,(H2,15,19). The number of primary amides is 1. The van der Waals surface area contributed by atoms with Gasteiger partial charge in [0, 0.05) is 21.8 Å². The van der Waals surface area contributed by atoms with E-state index in [0.29, 0.717) is 10.6 Å². The summed E-state index contributed by atoms with van der Waals surface area (Å²) >= 11 is 11.9. The highest BCUT2D eigenvalue weighted by atomic mass is 35.5. The zero-order valence-corrected chi connectivity index (χ0v) is 11.8. The molecule has 1 aromatic heterocycles. The Morgan fingerprint density at radius 1 is 1.45 bits per heavy atom. The van der Waals surface area contributed by atoms with Crippen LogP contribution in [0.25, 0.3) is 0 Å². The van der Waals surface area contributed by atoms with Gasteiger partial charge in [-0.3, -0.25) is 4.79 Å². The molecule has 20 heavy (non-hydrogen) atoms. The van der Waals surface area contributed by atoms with Crippen LogP contribution in [0.5, 0.6) is 0 Å². The van der Waals surface area contributed by atoms with Gasteiger partial charge in [-0.15, -0.1) is 5.10 Å². The van der Waals surface area contributed by atoms with Crippen molar-refractivity contribution >= 4 is 29.1 Å². The van der Waals surface area contributed by atoms with E-state index in [1.165, 1.54) is 16.9 Å². The number of aliphatic hydroxyl groups is 1. The summed E-state index contributed by atoms with van der Waals surface area (Å²) in [6, 6.07) is 4.63. The molecule has 0 aliphatic carbocycles. The van der Waals surface area contributed by atoms with Gasteiger partial charge < -0.3 is 10.8 Å². The minimum atomic E-state index is -1.58. The van der Waals surface area contributed by atoms with Gasteiger partial charge in [0.2, 0.25) is 5.91 Å². The number of carbonyl (C=O) groups is 1. The molecule has 0 radical (unpaired) electrons. The van der Waals surface area contributed by atoms with Gasteiger partial charge in [0.1, 0.15) is 5.60 Å². The molecule has 2 rings (SSSR count). The van der Waals surface area contributed by atoms with Gasteiger partial charge in [-0.05, 0) is 12.1 Å². The summed E-state index contributed by atoms with van der Waals surface area (Å²) in [5, 5.41) is 18.9. The number of aromatic nitrogens is 3. The van der Waals surface area contributed by atoms with Crippen molar-refractivity contribution < 1.29 is 9.90 Å². The summed E-state index contributed by atoms with van der Waals surface area (Å²) in [6.07, 6.45) is 2.73. The summed E-state index contributed by atoms with van der Waals surface area (Å²) < 4.78 is 1.40. The molecule has 0 saturated carbocycles. The van der Waals surface area contributed by atoms with Gasteiger partial charge in [0.15, 0.2) is 0 Å². The number of hydrogen-bond donors (Lipinski definition) is 2. The fourth-order valence-electron chi connectivity index (χ4n) is 1.98. The maximum atomic E-state index is 11.2. The van der Waals surface area contributed by atoms with E-state index in [1.54, 1.807) is 18.3 Å². The molecule has 3 N–H and O–H groups in total. The van der Waals surface area contributed by atoms with Gasteiger partial charge in [0.05, 0.1) is 19.2 Å². The van der Waals surface area contributed by atoms with Crippen molar-refractivity contribution in [1.29, 1.82) is 0 Å². The van der Waals surface area contributed by atoms with Crippen LogP contribution in [0.1, 0.15) is 12.0 Å². The highest BCUT2D eigenvalue weighted by Crippen LogP contribution is 2.34. The maximum absolute atomic E-state index is 11.2. The smallest absolute Gasteiger partial charge is 0.220 e. The second-order valence-corrected chi connectivity index (χ2v) is 5.24. The molecule has 1 aromatic carbocycles. The second kappa shape index (κ2) is 5.78. The number of halogens is 2. The SMILES string of the molecule is NC(=O)CC(O)(Cn1ccnn1)c1ccc(Cl)cc1Cl. The lowest BCUT2D eigenvalue weighted by Crippen LogP contribution is -2.36. The van der Waals surface area contributed by atoms with E-state index in [1.807, 2.05) is 0 Å². The van der Waals surface area contributed by atoms with Crippen LogP contribution in [-0.4, -0.2) is 26.0 Å². The molecule has 1 atom stereocenters. The lowest BCUT2D eigenvalue weighted by molar-refractivity contribution is -0.124. The molecule has 0 aliphatic heterocycles.